The lowest BCUT2D eigenvalue weighted by molar-refractivity contribution is -0.144. The van der Waals surface area contributed by atoms with Crippen molar-refractivity contribution < 1.29 is 4.79 Å². The number of fused-ring (bicyclic) bond motifs is 2. The van der Waals surface area contributed by atoms with Gasteiger partial charge in [0, 0.05) is 42.2 Å². The van der Waals surface area contributed by atoms with Gasteiger partial charge in [-0.2, -0.15) is 0 Å². The lowest BCUT2D eigenvalue weighted by atomic mass is 9.91. The van der Waals surface area contributed by atoms with E-state index in [4.69, 9.17) is 0 Å². The van der Waals surface area contributed by atoms with E-state index < -0.39 is 0 Å². The van der Waals surface area contributed by atoms with Crippen LogP contribution < -0.4 is 0 Å². The number of piperidine rings is 1. The summed E-state index contributed by atoms with van der Waals surface area (Å²) in [6, 6.07) is 0.909. The molecule has 2 atom stereocenters. The maximum atomic E-state index is 13.2. The van der Waals surface area contributed by atoms with Gasteiger partial charge in [-0.3, -0.25) is 14.6 Å². The summed E-state index contributed by atoms with van der Waals surface area (Å²) in [5.41, 5.74) is 0.444. The Morgan fingerprint density at radius 1 is 0.750 bits per heavy atom. The Bertz CT molecular complexity index is 454. The number of amides is 1. The first-order chi connectivity index (χ1) is 11.1. The smallest absolute Gasteiger partial charge is 0.226 e. The van der Waals surface area contributed by atoms with E-state index in [1.807, 2.05) is 0 Å². The van der Waals surface area contributed by atoms with Crippen LogP contribution in [0.2, 0.25) is 0 Å². The predicted octanol–water partition coefficient (Wildman–Crippen LogP) is 2.97. The van der Waals surface area contributed by atoms with E-state index in [0.717, 1.165) is 39.0 Å². The summed E-state index contributed by atoms with van der Waals surface area (Å²) < 4.78 is 0. The number of carbonyl (C=O) groups is 1. The summed E-state index contributed by atoms with van der Waals surface area (Å²) in [5, 5.41) is 0. The highest BCUT2D eigenvalue weighted by Gasteiger charge is 2.46. The topological polar surface area (TPSA) is 26.8 Å². The van der Waals surface area contributed by atoms with Gasteiger partial charge in [0.25, 0.3) is 0 Å². The zero-order valence-corrected chi connectivity index (χ0v) is 16.6. The average Bonchev–Trinajstić information content (AvgIpc) is 2.74. The highest BCUT2D eigenvalue weighted by atomic mass is 16.2. The van der Waals surface area contributed by atoms with Crippen LogP contribution >= 0.6 is 0 Å². The Morgan fingerprint density at radius 2 is 1.21 bits per heavy atom. The lowest BCUT2D eigenvalue weighted by Gasteiger charge is -2.48. The first-order valence-electron chi connectivity index (χ1n) is 9.89. The minimum absolute atomic E-state index is 0.216. The van der Waals surface area contributed by atoms with E-state index in [1.54, 1.807) is 0 Å². The fourth-order valence-corrected chi connectivity index (χ4v) is 4.82. The number of rotatable bonds is 1. The van der Waals surface area contributed by atoms with Gasteiger partial charge in [0.05, 0.1) is 0 Å². The van der Waals surface area contributed by atoms with Crippen LogP contribution in [0.1, 0.15) is 67.2 Å². The van der Waals surface area contributed by atoms with Crippen LogP contribution in [0.15, 0.2) is 0 Å². The summed E-state index contributed by atoms with van der Waals surface area (Å²) in [5.74, 6) is 0.720. The molecule has 4 heteroatoms. The van der Waals surface area contributed by atoms with Gasteiger partial charge < -0.3 is 4.90 Å². The summed E-state index contributed by atoms with van der Waals surface area (Å²) in [6.07, 6.45) is 4.47. The Balaban J connectivity index is 1.61. The molecule has 0 spiro atoms. The molecule has 0 aromatic rings. The molecule has 2 unspecified atom stereocenters. The van der Waals surface area contributed by atoms with E-state index in [0.29, 0.717) is 18.0 Å². The van der Waals surface area contributed by atoms with Crippen molar-refractivity contribution in [1.82, 2.24) is 14.7 Å². The number of hydrogen-bond acceptors (Lipinski definition) is 3. The Morgan fingerprint density at radius 3 is 1.62 bits per heavy atom. The van der Waals surface area contributed by atoms with E-state index in [9.17, 15) is 4.79 Å². The van der Waals surface area contributed by atoms with Crippen molar-refractivity contribution in [3.8, 4) is 0 Å². The minimum Gasteiger partial charge on any atom is -0.334 e. The molecule has 3 rings (SSSR count). The monoisotopic (exact) mass is 335 g/mol. The summed E-state index contributed by atoms with van der Waals surface area (Å²) in [4.78, 5) is 20.6. The van der Waals surface area contributed by atoms with Gasteiger partial charge in [0.1, 0.15) is 0 Å². The van der Waals surface area contributed by atoms with Crippen molar-refractivity contribution in [2.24, 2.45) is 5.92 Å². The molecule has 2 bridgehead atoms. The first-order valence-corrected chi connectivity index (χ1v) is 9.89. The molecular weight excluding hydrogens is 298 g/mol. The zero-order valence-electron chi connectivity index (χ0n) is 16.6. The molecule has 0 aliphatic carbocycles. The molecule has 0 saturated carbocycles. The Hall–Kier alpha value is -0.610. The van der Waals surface area contributed by atoms with Crippen LogP contribution in [0.5, 0.6) is 0 Å². The lowest BCUT2D eigenvalue weighted by Crippen LogP contribution is -2.61. The fraction of sp³-hybridized carbons (Fsp3) is 0.950. The Labute approximate surface area is 148 Å². The first kappa shape index (κ1) is 18.2. The van der Waals surface area contributed by atoms with E-state index >= 15 is 0 Å². The SMILES string of the molecule is CC(C)(C)N1CCC(C(=O)N2C3CCC2CN(C(C)(C)C)C3)CC1. The van der Waals surface area contributed by atoms with Crippen molar-refractivity contribution in [3.05, 3.63) is 0 Å². The van der Waals surface area contributed by atoms with Gasteiger partial charge in [-0.05, 0) is 80.3 Å². The molecule has 1 amide bonds. The van der Waals surface area contributed by atoms with E-state index in [2.05, 4.69) is 56.2 Å². The molecule has 0 aromatic carbocycles. The molecule has 138 valence electrons. The molecule has 3 aliphatic rings. The molecule has 0 radical (unpaired) electrons. The largest absolute Gasteiger partial charge is 0.334 e. The number of hydrogen-bond donors (Lipinski definition) is 0. The van der Waals surface area contributed by atoms with Crippen LogP contribution in [0.4, 0.5) is 0 Å². The third kappa shape index (κ3) is 3.50. The average molecular weight is 336 g/mol. The normalized spacial score (nSPS) is 30.8. The van der Waals surface area contributed by atoms with Gasteiger partial charge in [0.2, 0.25) is 5.91 Å². The summed E-state index contributed by atoms with van der Waals surface area (Å²) in [7, 11) is 0. The van der Waals surface area contributed by atoms with Crippen LogP contribution in [0.3, 0.4) is 0 Å². The fourth-order valence-electron chi connectivity index (χ4n) is 4.82. The highest BCUT2D eigenvalue weighted by molar-refractivity contribution is 5.80. The van der Waals surface area contributed by atoms with Crippen LogP contribution in [-0.2, 0) is 4.79 Å². The third-order valence-electron chi connectivity index (χ3n) is 6.48. The van der Waals surface area contributed by atoms with Gasteiger partial charge >= 0.3 is 0 Å². The second kappa shape index (κ2) is 6.28. The third-order valence-corrected chi connectivity index (χ3v) is 6.48. The number of likely N-dealkylation sites (tertiary alicyclic amines) is 2. The molecule has 0 N–H and O–H groups in total. The van der Waals surface area contributed by atoms with E-state index in [-0.39, 0.29) is 17.0 Å². The highest BCUT2D eigenvalue weighted by Crippen LogP contribution is 2.36. The number of carbonyl (C=O) groups excluding carboxylic acids is 1. The van der Waals surface area contributed by atoms with Gasteiger partial charge in [-0.25, -0.2) is 0 Å². The van der Waals surface area contributed by atoms with E-state index in [1.165, 1.54) is 12.8 Å². The maximum Gasteiger partial charge on any atom is 0.226 e. The van der Waals surface area contributed by atoms with Crippen LogP contribution in [-0.4, -0.2) is 69.9 Å². The molecule has 24 heavy (non-hydrogen) atoms. The minimum atomic E-state index is 0.216. The quantitative estimate of drug-likeness (QED) is 0.737. The van der Waals surface area contributed by atoms with Crippen molar-refractivity contribution in [2.45, 2.75) is 90.4 Å². The van der Waals surface area contributed by atoms with Crippen molar-refractivity contribution in [1.29, 1.82) is 0 Å². The second-order valence-corrected chi connectivity index (χ2v) is 10.1. The zero-order chi connectivity index (χ0) is 17.7. The van der Waals surface area contributed by atoms with Gasteiger partial charge in [-0.15, -0.1) is 0 Å². The standard InChI is InChI=1S/C20H37N3O/c1-19(2,3)21-11-9-15(10-12-21)18(24)23-16-7-8-17(23)14-22(13-16)20(4,5)6/h15-17H,7-14H2,1-6H3. The van der Waals surface area contributed by atoms with Gasteiger partial charge in [0.15, 0.2) is 0 Å². The molecular formula is C20H37N3O. The maximum absolute atomic E-state index is 13.2. The molecule has 0 aromatic heterocycles. The predicted molar refractivity (Wildman–Crippen MR) is 99.0 cm³/mol. The molecule has 4 nitrogen and oxygen atoms in total. The molecule has 3 saturated heterocycles. The molecule has 3 fully saturated rings. The second-order valence-electron chi connectivity index (χ2n) is 10.1. The van der Waals surface area contributed by atoms with Crippen molar-refractivity contribution >= 4 is 5.91 Å². The Kier molecular flexibility index (Phi) is 4.76. The number of nitrogens with zero attached hydrogens (tertiary/aromatic N) is 3. The van der Waals surface area contributed by atoms with Crippen molar-refractivity contribution in [2.75, 3.05) is 26.2 Å². The molecule has 3 aliphatic heterocycles. The van der Waals surface area contributed by atoms with Gasteiger partial charge in [-0.1, -0.05) is 0 Å². The van der Waals surface area contributed by atoms with Crippen molar-refractivity contribution in [3.63, 3.8) is 0 Å². The summed E-state index contributed by atoms with van der Waals surface area (Å²) >= 11 is 0. The van der Waals surface area contributed by atoms with Crippen LogP contribution in [0, 0.1) is 5.92 Å². The summed E-state index contributed by atoms with van der Waals surface area (Å²) in [6.45, 7) is 18.0. The number of piperazine rings is 1. The van der Waals surface area contributed by atoms with Crippen LogP contribution in [0.25, 0.3) is 0 Å². The molecule has 3 heterocycles.